The molecule has 154 valence electrons. The molecule has 30 heavy (non-hydrogen) atoms. The Balaban J connectivity index is 1.39. The predicted octanol–water partition coefficient (Wildman–Crippen LogP) is 4.04. The van der Waals surface area contributed by atoms with Gasteiger partial charge in [0.15, 0.2) is 16.5 Å². The van der Waals surface area contributed by atoms with E-state index in [0.29, 0.717) is 12.3 Å². The van der Waals surface area contributed by atoms with Gasteiger partial charge in [0, 0.05) is 26.2 Å². The molecule has 1 saturated heterocycles. The summed E-state index contributed by atoms with van der Waals surface area (Å²) in [5, 5.41) is 5.69. The molecular formula is C22H23N5O2S. The van der Waals surface area contributed by atoms with Crippen molar-refractivity contribution in [3.05, 3.63) is 59.7 Å². The smallest absolute Gasteiger partial charge is 0.289 e. The normalized spacial score (nSPS) is 15.0. The van der Waals surface area contributed by atoms with E-state index < -0.39 is 0 Å². The van der Waals surface area contributed by atoms with Gasteiger partial charge in [0.1, 0.15) is 0 Å². The van der Waals surface area contributed by atoms with Crippen molar-refractivity contribution in [2.24, 2.45) is 0 Å². The number of furan rings is 1. The van der Waals surface area contributed by atoms with Crippen LogP contribution in [0.1, 0.15) is 28.2 Å². The van der Waals surface area contributed by atoms with Crippen molar-refractivity contribution in [2.75, 3.05) is 31.1 Å². The summed E-state index contributed by atoms with van der Waals surface area (Å²) < 4.78 is 8.32. The highest BCUT2D eigenvalue weighted by molar-refractivity contribution is 7.22. The molecular weight excluding hydrogens is 398 g/mol. The van der Waals surface area contributed by atoms with Gasteiger partial charge in [0.2, 0.25) is 0 Å². The number of hydrogen-bond acceptors (Lipinski definition) is 6. The van der Waals surface area contributed by atoms with E-state index in [2.05, 4.69) is 36.1 Å². The van der Waals surface area contributed by atoms with Crippen LogP contribution in [0.3, 0.4) is 0 Å². The SMILES string of the molecule is Cc1ccc(-n2nc(C)c3sc(N4CCCN(C(=O)c5ccco5)CC4)nc32)cc1. The third-order valence-electron chi connectivity index (χ3n) is 5.44. The van der Waals surface area contributed by atoms with E-state index in [1.165, 1.54) is 11.8 Å². The Morgan fingerprint density at radius 3 is 2.67 bits per heavy atom. The van der Waals surface area contributed by atoms with Gasteiger partial charge in [-0.25, -0.2) is 4.68 Å². The van der Waals surface area contributed by atoms with Crippen LogP contribution in [0, 0.1) is 13.8 Å². The zero-order valence-corrected chi connectivity index (χ0v) is 17.9. The van der Waals surface area contributed by atoms with Crippen LogP contribution in [-0.2, 0) is 0 Å². The molecule has 3 aromatic heterocycles. The van der Waals surface area contributed by atoms with E-state index in [1.54, 1.807) is 23.5 Å². The first-order valence-corrected chi connectivity index (χ1v) is 10.9. The molecule has 0 spiro atoms. The number of nitrogens with zero attached hydrogens (tertiary/aromatic N) is 5. The van der Waals surface area contributed by atoms with Crippen molar-refractivity contribution >= 4 is 32.7 Å². The maximum Gasteiger partial charge on any atom is 0.289 e. The summed E-state index contributed by atoms with van der Waals surface area (Å²) in [5.41, 5.74) is 4.11. The van der Waals surface area contributed by atoms with E-state index in [4.69, 9.17) is 14.5 Å². The van der Waals surface area contributed by atoms with Crippen molar-refractivity contribution in [3.8, 4) is 5.69 Å². The molecule has 1 aliphatic heterocycles. The quantitative estimate of drug-likeness (QED) is 0.499. The Bertz CT molecular complexity index is 1180. The summed E-state index contributed by atoms with van der Waals surface area (Å²) in [7, 11) is 0. The molecule has 0 atom stereocenters. The standard InChI is InChI=1S/C22H23N5O2S/c1-15-6-8-17(9-7-15)27-20-19(16(2)24-27)30-22(23-20)26-11-4-10-25(12-13-26)21(28)18-5-3-14-29-18/h3,5-9,14H,4,10-13H2,1-2H3. The molecule has 1 amide bonds. The van der Waals surface area contributed by atoms with Crippen LogP contribution in [0.15, 0.2) is 47.1 Å². The molecule has 4 heterocycles. The van der Waals surface area contributed by atoms with E-state index >= 15 is 0 Å². The number of anilines is 1. The fourth-order valence-corrected chi connectivity index (χ4v) is 4.83. The zero-order chi connectivity index (χ0) is 20.7. The highest BCUT2D eigenvalue weighted by atomic mass is 32.1. The van der Waals surface area contributed by atoms with Gasteiger partial charge in [-0.15, -0.1) is 0 Å². The van der Waals surface area contributed by atoms with E-state index in [-0.39, 0.29) is 5.91 Å². The number of aromatic nitrogens is 3. The average Bonchev–Trinajstić information content (AvgIpc) is 3.44. The second-order valence-electron chi connectivity index (χ2n) is 7.59. The van der Waals surface area contributed by atoms with Crippen LogP contribution < -0.4 is 4.90 Å². The number of carbonyl (C=O) groups excluding carboxylic acids is 1. The van der Waals surface area contributed by atoms with Gasteiger partial charge in [-0.1, -0.05) is 29.0 Å². The van der Waals surface area contributed by atoms with Crippen molar-refractivity contribution in [3.63, 3.8) is 0 Å². The fraction of sp³-hybridized carbons (Fsp3) is 0.318. The average molecular weight is 422 g/mol. The number of thiazole rings is 1. The third kappa shape index (κ3) is 3.37. The van der Waals surface area contributed by atoms with Gasteiger partial charge in [0.05, 0.1) is 22.3 Å². The van der Waals surface area contributed by atoms with Crippen molar-refractivity contribution in [1.82, 2.24) is 19.7 Å². The maximum absolute atomic E-state index is 12.6. The Labute approximate surface area is 178 Å². The predicted molar refractivity (Wildman–Crippen MR) is 118 cm³/mol. The van der Waals surface area contributed by atoms with Gasteiger partial charge in [-0.05, 0) is 44.5 Å². The van der Waals surface area contributed by atoms with Gasteiger partial charge in [0.25, 0.3) is 5.91 Å². The zero-order valence-electron chi connectivity index (χ0n) is 17.0. The van der Waals surface area contributed by atoms with Gasteiger partial charge >= 0.3 is 0 Å². The highest BCUT2D eigenvalue weighted by Gasteiger charge is 2.24. The molecule has 0 N–H and O–H groups in total. The van der Waals surface area contributed by atoms with E-state index in [0.717, 1.165) is 52.9 Å². The lowest BCUT2D eigenvalue weighted by Crippen LogP contribution is -2.35. The molecule has 5 rings (SSSR count). The molecule has 0 bridgehead atoms. The number of rotatable bonds is 3. The van der Waals surface area contributed by atoms with Crippen LogP contribution in [0.5, 0.6) is 0 Å². The molecule has 7 nitrogen and oxygen atoms in total. The molecule has 0 radical (unpaired) electrons. The summed E-state index contributed by atoms with van der Waals surface area (Å²) in [6, 6.07) is 11.8. The van der Waals surface area contributed by atoms with Crippen LogP contribution in [0.25, 0.3) is 16.0 Å². The Hall–Kier alpha value is -3.13. The molecule has 1 aliphatic rings. The van der Waals surface area contributed by atoms with Crippen molar-refractivity contribution in [2.45, 2.75) is 20.3 Å². The summed E-state index contributed by atoms with van der Waals surface area (Å²) in [6.45, 7) is 7.10. The lowest BCUT2D eigenvalue weighted by Gasteiger charge is -2.20. The number of amides is 1. The monoisotopic (exact) mass is 421 g/mol. The summed E-state index contributed by atoms with van der Waals surface area (Å²) in [5.74, 6) is 0.356. The largest absolute Gasteiger partial charge is 0.459 e. The number of carbonyl (C=O) groups is 1. The second kappa shape index (κ2) is 7.60. The lowest BCUT2D eigenvalue weighted by molar-refractivity contribution is 0.0735. The first-order chi connectivity index (χ1) is 14.6. The Kier molecular flexibility index (Phi) is 4.78. The minimum absolute atomic E-state index is 0.0444. The molecule has 1 aromatic carbocycles. The van der Waals surface area contributed by atoms with Crippen molar-refractivity contribution in [1.29, 1.82) is 0 Å². The number of hydrogen-bond donors (Lipinski definition) is 0. The topological polar surface area (TPSA) is 67.4 Å². The minimum Gasteiger partial charge on any atom is -0.459 e. The van der Waals surface area contributed by atoms with Crippen LogP contribution in [0.4, 0.5) is 5.13 Å². The van der Waals surface area contributed by atoms with Crippen molar-refractivity contribution < 1.29 is 9.21 Å². The Morgan fingerprint density at radius 2 is 1.90 bits per heavy atom. The summed E-state index contributed by atoms with van der Waals surface area (Å²) in [6.07, 6.45) is 2.43. The number of aryl methyl sites for hydroxylation is 2. The highest BCUT2D eigenvalue weighted by Crippen LogP contribution is 2.33. The lowest BCUT2D eigenvalue weighted by atomic mass is 10.2. The van der Waals surface area contributed by atoms with Crippen LogP contribution in [-0.4, -0.2) is 51.8 Å². The van der Waals surface area contributed by atoms with Gasteiger partial charge in [-0.2, -0.15) is 10.1 Å². The molecule has 4 aromatic rings. The van der Waals surface area contributed by atoms with Crippen LogP contribution >= 0.6 is 11.3 Å². The fourth-order valence-electron chi connectivity index (χ4n) is 3.79. The first kappa shape index (κ1) is 18.9. The molecule has 8 heteroatoms. The summed E-state index contributed by atoms with van der Waals surface area (Å²) >= 11 is 1.68. The minimum atomic E-state index is -0.0444. The number of benzene rings is 1. The van der Waals surface area contributed by atoms with Gasteiger partial charge < -0.3 is 14.2 Å². The summed E-state index contributed by atoms with van der Waals surface area (Å²) in [4.78, 5) is 21.7. The molecule has 0 unspecified atom stereocenters. The van der Waals surface area contributed by atoms with E-state index in [9.17, 15) is 4.79 Å². The first-order valence-electron chi connectivity index (χ1n) is 10.1. The molecule has 1 fully saturated rings. The third-order valence-corrected chi connectivity index (χ3v) is 6.66. The van der Waals surface area contributed by atoms with Crippen LogP contribution in [0.2, 0.25) is 0 Å². The van der Waals surface area contributed by atoms with E-state index in [1.807, 2.05) is 16.5 Å². The van der Waals surface area contributed by atoms with Gasteiger partial charge in [-0.3, -0.25) is 4.79 Å². The Morgan fingerprint density at radius 1 is 1.07 bits per heavy atom. The number of fused-ring (bicyclic) bond motifs is 1. The second-order valence-corrected chi connectivity index (χ2v) is 8.57. The maximum atomic E-state index is 12.6. The molecule has 0 aliphatic carbocycles. The molecule has 0 saturated carbocycles.